The van der Waals surface area contributed by atoms with E-state index in [1.54, 1.807) is 6.20 Å². The van der Waals surface area contributed by atoms with Gasteiger partial charge in [-0.15, -0.1) is 0 Å². The number of carbonyl (C=O) groups is 2. The van der Waals surface area contributed by atoms with E-state index in [1.165, 1.54) is 0 Å². The number of nitrogens with zero attached hydrogens (tertiary/aromatic N) is 3. The van der Waals surface area contributed by atoms with Gasteiger partial charge in [-0.05, 0) is 50.2 Å². The first kappa shape index (κ1) is 20.8. The Labute approximate surface area is 168 Å². The molecule has 154 valence electrons. The van der Waals surface area contributed by atoms with E-state index in [9.17, 15) is 9.59 Å². The first-order valence-corrected chi connectivity index (χ1v) is 10.6. The van der Waals surface area contributed by atoms with E-state index in [-0.39, 0.29) is 23.3 Å². The molecule has 0 aliphatic carbocycles. The zero-order chi connectivity index (χ0) is 20.0. The third kappa shape index (κ3) is 5.10. The van der Waals surface area contributed by atoms with Crippen molar-refractivity contribution in [2.45, 2.75) is 58.5 Å². The lowest BCUT2D eigenvalue weighted by Gasteiger charge is -2.47. The quantitative estimate of drug-likeness (QED) is 0.722. The van der Waals surface area contributed by atoms with Crippen molar-refractivity contribution in [3.63, 3.8) is 0 Å². The van der Waals surface area contributed by atoms with Crippen LogP contribution in [-0.2, 0) is 20.7 Å². The lowest BCUT2D eigenvalue weighted by atomic mass is 9.72. The van der Waals surface area contributed by atoms with E-state index in [0.717, 1.165) is 64.0 Å². The molecule has 2 aliphatic heterocycles. The van der Waals surface area contributed by atoms with Crippen LogP contribution in [0.5, 0.6) is 0 Å². The number of carbonyl (C=O) groups excluding carboxylic acids is 2. The van der Waals surface area contributed by atoms with Crippen molar-refractivity contribution in [2.24, 2.45) is 5.41 Å². The van der Waals surface area contributed by atoms with Crippen molar-refractivity contribution in [1.29, 1.82) is 0 Å². The number of pyridine rings is 1. The van der Waals surface area contributed by atoms with Crippen LogP contribution in [0.1, 0.15) is 51.6 Å². The van der Waals surface area contributed by atoms with Crippen molar-refractivity contribution in [1.82, 2.24) is 14.8 Å². The predicted molar refractivity (Wildman–Crippen MR) is 108 cm³/mol. The summed E-state index contributed by atoms with van der Waals surface area (Å²) in [4.78, 5) is 33.3. The maximum atomic E-state index is 12.6. The Kier molecular flexibility index (Phi) is 7.05. The Morgan fingerprint density at radius 3 is 2.75 bits per heavy atom. The van der Waals surface area contributed by atoms with Crippen molar-refractivity contribution < 1.29 is 14.3 Å². The van der Waals surface area contributed by atoms with Gasteiger partial charge in [0.15, 0.2) is 0 Å². The molecule has 0 bridgehead atoms. The van der Waals surface area contributed by atoms with E-state index in [1.807, 2.05) is 41.8 Å². The third-order valence-corrected chi connectivity index (χ3v) is 6.17. The van der Waals surface area contributed by atoms with Gasteiger partial charge in [0.25, 0.3) is 5.91 Å². The smallest absolute Gasteiger partial charge is 0.251 e. The summed E-state index contributed by atoms with van der Waals surface area (Å²) in [5.74, 6) is 0.351. The number of aromatic nitrogens is 1. The van der Waals surface area contributed by atoms with Gasteiger partial charge >= 0.3 is 0 Å². The molecule has 1 spiro atoms. The molecule has 0 aromatic carbocycles. The largest absolute Gasteiger partial charge is 0.369 e. The number of ether oxygens (including phenoxy) is 1. The second-order valence-corrected chi connectivity index (χ2v) is 8.22. The zero-order valence-electron chi connectivity index (χ0n) is 17.2. The topological polar surface area (TPSA) is 62.7 Å². The van der Waals surface area contributed by atoms with Crippen LogP contribution in [0.2, 0.25) is 0 Å². The van der Waals surface area contributed by atoms with Gasteiger partial charge in [-0.1, -0.05) is 13.0 Å². The summed E-state index contributed by atoms with van der Waals surface area (Å²) in [6, 6.07) is 5.91. The highest BCUT2D eigenvalue weighted by Gasteiger charge is 2.42. The fourth-order valence-corrected chi connectivity index (χ4v) is 4.33. The first-order valence-electron chi connectivity index (χ1n) is 10.6. The number of amides is 2. The van der Waals surface area contributed by atoms with Crippen LogP contribution >= 0.6 is 0 Å². The molecule has 2 aliphatic rings. The molecule has 0 unspecified atom stereocenters. The highest BCUT2D eigenvalue weighted by atomic mass is 16.5. The number of piperidine rings is 2. The van der Waals surface area contributed by atoms with Crippen molar-refractivity contribution in [3.8, 4) is 0 Å². The second-order valence-electron chi connectivity index (χ2n) is 8.22. The number of hydrogen-bond donors (Lipinski definition) is 0. The fourth-order valence-electron chi connectivity index (χ4n) is 4.33. The summed E-state index contributed by atoms with van der Waals surface area (Å²) in [5, 5.41) is 0. The number of hydrogen-bond acceptors (Lipinski definition) is 4. The summed E-state index contributed by atoms with van der Waals surface area (Å²) in [6.07, 6.45) is 6.63. The first-order chi connectivity index (χ1) is 13.5. The minimum absolute atomic E-state index is 0.0993. The van der Waals surface area contributed by atoms with Crippen molar-refractivity contribution in [3.05, 3.63) is 30.1 Å². The molecule has 2 amide bonds. The molecule has 2 fully saturated rings. The molecule has 0 radical (unpaired) electrons. The van der Waals surface area contributed by atoms with Crippen LogP contribution < -0.4 is 0 Å². The molecular weight excluding hydrogens is 354 g/mol. The van der Waals surface area contributed by atoms with Gasteiger partial charge in [-0.3, -0.25) is 14.6 Å². The Bertz CT molecular complexity index is 656. The highest BCUT2D eigenvalue weighted by molar-refractivity contribution is 5.80. The zero-order valence-corrected chi connectivity index (χ0v) is 17.2. The molecule has 1 aromatic rings. The monoisotopic (exact) mass is 387 g/mol. The van der Waals surface area contributed by atoms with Gasteiger partial charge in [0, 0.05) is 57.5 Å². The van der Waals surface area contributed by atoms with Gasteiger partial charge in [-0.25, -0.2) is 0 Å². The summed E-state index contributed by atoms with van der Waals surface area (Å²) >= 11 is 0. The van der Waals surface area contributed by atoms with Crippen LogP contribution in [0, 0.1) is 5.41 Å². The molecule has 3 heterocycles. The fraction of sp³-hybridized carbons (Fsp3) is 0.682. The van der Waals surface area contributed by atoms with Gasteiger partial charge < -0.3 is 14.5 Å². The van der Waals surface area contributed by atoms with E-state index in [0.29, 0.717) is 13.0 Å². The molecule has 6 heteroatoms. The SMILES string of the molecule is CCCO[C@H](C)C(=O)N1CCC2(CCC(=O)N(CCc3ccccn3)C2)CC1. The predicted octanol–water partition coefficient (Wildman–Crippen LogP) is 2.67. The maximum Gasteiger partial charge on any atom is 0.251 e. The molecule has 0 saturated carbocycles. The number of rotatable bonds is 7. The van der Waals surface area contributed by atoms with Gasteiger partial charge in [0.1, 0.15) is 6.10 Å². The van der Waals surface area contributed by atoms with E-state index in [4.69, 9.17) is 4.74 Å². The Balaban J connectivity index is 1.52. The van der Waals surface area contributed by atoms with Crippen LogP contribution in [0.25, 0.3) is 0 Å². The van der Waals surface area contributed by atoms with E-state index >= 15 is 0 Å². The van der Waals surface area contributed by atoms with Crippen LogP contribution in [0.4, 0.5) is 0 Å². The maximum absolute atomic E-state index is 12.6. The molecule has 2 saturated heterocycles. The average molecular weight is 388 g/mol. The minimum atomic E-state index is -0.364. The highest BCUT2D eigenvalue weighted by Crippen LogP contribution is 2.40. The molecular formula is C22H33N3O3. The molecule has 6 nitrogen and oxygen atoms in total. The minimum Gasteiger partial charge on any atom is -0.369 e. The Hall–Kier alpha value is -1.95. The van der Waals surface area contributed by atoms with Gasteiger partial charge in [0.2, 0.25) is 5.91 Å². The molecule has 1 aromatic heterocycles. The van der Waals surface area contributed by atoms with Crippen LogP contribution in [-0.4, -0.2) is 65.5 Å². The van der Waals surface area contributed by atoms with Gasteiger partial charge in [-0.2, -0.15) is 0 Å². The molecule has 3 rings (SSSR count). The summed E-state index contributed by atoms with van der Waals surface area (Å²) in [6.45, 7) is 7.58. The standard InChI is InChI=1S/C22H33N3O3/c1-3-16-28-18(2)21(27)24-14-10-22(11-15-24)9-7-20(26)25(17-22)13-8-19-6-4-5-12-23-19/h4-6,12,18H,3,7-11,13-17H2,1-2H3/t18-/m1/s1. The van der Waals surface area contributed by atoms with Crippen LogP contribution in [0.15, 0.2) is 24.4 Å². The summed E-state index contributed by atoms with van der Waals surface area (Å²) in [5.41, 5.74) is 1.18. The third-order valence-electron chi connectivity index (χ3n) is 6.17. The van der Waals surface area contributed by atoms with Crippen molar-refractivity contribution in [2.75, 3.05) is 32.8 Å². The lowest BCUT2D eigenvalue weighted by molar-refractivity contribution is -0.148. The molecule has 1 atom stereocenters. The van der Waals surface area contributed by atoms with E-state index in [2.05, 4.69) is 4.98 Å². The lowest BCUT2D eigenvalue weighted by Crippen LogP contribution is -2.53. The average Bonchev–Trinajstić information content (AvgIpc) is 2.73. The summed E-state index contributed by atoms with van der Waals surface area (Å²) < 4.78 is 5.60. The van der Waals surface area contributed by atoms with Gasteiger partial charge in [0.05, 0.1) is 0 Å². The van der Waals surface area contributed by atoms with E-state index < -0.39 is 0 Å². The Morgan fingerprint density at radius 2 is 2.07 bits per heavy atom. The molecule has 28 heavy (non-hydrogen) atoms. The number of likely N-dealkylation sites (tertiary alicyclic amines) is 2. The normalized spacial score (nSPS) is 20.4. The summed E-state index contributed by atoms with van der Waals surface area (Å²) in [7, 11) is 0. The van der Waals surface area contributed by atoms with Crippen molar-refractivity contribution >= 4 is 11.8 Å². The molecule has 0 N–H and O–H groups in total. The second kappa shape index (κ2) is 9.50. The Morgan fingerprint density at radius 1 is 1.29 bits per heavy atom. The van der Waals surface area contributed by atoms with Crippen LogP contribution in [0.3, 0.4) is 0 Å².